The minimum Gasteiger partial charge on any atom is -0.281 e. The van der Waals surface area contributed by atoms with Crippen molar-refractivity contribution in [3.8, 4) is 5.69 Å². The Hall–Kier alpha value is -2.18. The van der Waals surface area contributed by atoms with Crippen LogP contribution in [0.2, 0.25) is 5.02 Å². The molecule has 0 bridgehead atoms. The third-order valence-corrected chi connectivity index (χ3v) is 3.82. The molecule has 0 aliphatic carbocycles. The lowest BCUT2D eigenvalue weighted by atomic mass is 10.2. The van der Waals surface area contributed by atoms with Crippen molar-refractivity contribution in [3.05, 3.63) is 65.2 Å². The van der Waals surface area contributed by atoms with Crippen molar-refractivity contribution >= 4 is 28.5 Å². The number of tetrazole rings is 1. The van der Waals surface area contributed by atoms with Crippen LogP contribution in [0.15, 0.2) is 59.8 Å². The smallest absolute Gasteiger partial charge is 0.227 e. The van der Waals surface area contributed by atoms with Crippen LogP contribution in [-0.2, 0) is 0 Å². The zero-order chi connectivity index (χ0) is 14.7. The fraction of sp³-hybridized carbons (Fsp3) is 0. The zero-order valence-electron chi connectivity index (χ0n) is 10.7. The van der Waals surface area contributed by atoms with Gasteiger partial charge in [-0.1, -0.05) is 29.8 Å². The molecule has 0 aliphatic rings. The fourth-order valence-electron chi connectivity index (χ4n) is 1.70. The molecule has 1 aromatic heterocycles. The van der Waals surface area contributed by atoms with Crippen LogP contribution in [0.3, 0.4) is 0 Å². The van der Waals surface area contributed by atoms with Gasteiger partial charge in [0.2, 0.25) is 10.3 Å². The highest BCUT2D eigenvalue weighted by molar-refractivity contribution is 8.14. The molecule has 104 valence electrons. The van der Waals surface area contributed by atoms with Crippen LogP contribution in [0, 0.1) is 0 Å². The summed E-state index contributed by atoms with van der Waals surface area (Å²) in [6.45, 7) is 0. The molecule has 3 rings (SSSR count). The monoisotopic (exact) mass is 316 g/mol. The largest absolute Gasteiger partial charge is 0.281 e. The highest BCUT2D eigenvalue weighted by atomic mass is 35.5. The van der Waals surface area contributed by atoms with Gasteiger partial charge in [0.15, 0.2) is 0 Å². The van der Waals surface area contributed by atoms with Gasteiger partial charge in [0.25, 0.3) is 0 Å². The topological polar surface area (TPSA) is 60.7 Å². The summed E-state index contributed by atoms with van der Waals surface area (Å²) in [6, 6.07) is 16.1. The standard InChI is InChI=1S/C14H9ClN4OS/c15-11-8-6-10(7-9-11)13(20)21-14-16-17-18-19(14)12-4-2-1-3-5-12/h1-9H. The number of thioether (sulfide) groups is 1. The SMILES string of the molecule is O=C(Sc1nnnn1-c1ccccc1)c1ccc(Cl)cc1. The van der Waals surface area contributed by atoms with E-state index in [2.05, 4.69) is 15.5 Å². The van der Waals surface area contributed by atoms with Crippen LogP contribution in [0.4, 0.5) is 0 Å². The van der Waals surface area contributed by atoms with Crippen LogP contribution in [0.1, 0.15) is 10.4 Å². The number of para-hydroxylation sites is 1. The van der Waals surface area contributed by atoms with Crippen molar-refractivity contribution in [2.45, 2.75) is 5.16 Å². The van der Waals surface area contributed by atoms with E-state index >= 15 is 0 Å². The molecule has 0 saturated heterocycles. The molecule has 0 N–H and O–H groups in total. The van der Waals surface area contributed by atoms with Gasteiger partial charge in [-0.15, -0.1) is 5.10 Å². The van der Waals surface area contributed by atoms with E-state index < -0.39 is 0 Å². The van der Waals surface area contributed by atoms with Gasteiger partial charge in [0, 0.05) is 10.6 Å². The number of halogens is 1. The highest BCUT2D eigenvalue weighted by Crippen LogP contribution is 2.23. The number of hydrogen-bond donors (Lipinski definition) is 0. The molecule has 5 nitrogen and oxygen atoms in total. The van der Waals surface area contributed by atoms with Gasteiger partial charge < -0.3 is 0 Å². The van der Waals surface area contributed by atoms with E-state index in [0.29, 0.717) is 15.7 Å². The molecule has 7 heteroatoms. The van der Waals surface area contributed by atoms with Crippen molar-refractivity contribution in [2.75, 3.05) is 0 Å². The number of carbonyl (C=O) groups is 1. The second-order valence-corrected chi connectivity index (χ2v) is 5.48. The first kappa shape index (κ1) is 13.8. The summed E-state index contributed by atoms with van der Waals surface area (Å²) in [7, 11) is 0. The molecule has 0 atom stereocenters. The van der Waals surface area contributed by atoms with Crippen molar-refractivity contribution in [2.24, 2.45) is 0 Å². The predicted molar refractivity (Wildman–Crippen MR) is 80.8 cm³/mol. The van der Waals surface area contributed by atoms with Crippen molar-refractivity contribution in [1.29, 1.82) is 0 Å². The molecule has 0 amide bonds. The van der Waals surface area contributed by atoms with E-state index in [1.165, 1.54) is 4.68 Å². The average Bonchev–Trinajstić information content (AvgIpc) is 2.97. The first-order chi connectivity index (χ1) is 10.2. The Morgan fingerprint density at radius 2 is 1.76 bits per heavy atom. The number of benzene rings is 2. The Labute approximate surface area is 129 Å². The van der Waals surface area contributed by atoms with Gasteiger partial charge in [-0.3, -0.25) is 4.79 Å². The summed E-state index contributed by atoms with van der Waals surface area (Å²) >= 11 is 6.79. The summed E-state index contributed by atoms with van der Waals surface area (Å²) in [5.74, 6) is 0. The second kappa shape index (κ2) is 6.07. The van der Waals surface area contributed by atoms with Gasteiger partial charge in [0.1, 0.15) is 0 Å². The van der Waals surface area contributed by atoms with Crippen LogP contribution < -0.4 is 0 Å². The minimum absolute atomic E-state index is 0.140. The van der Waals surface area contributed by atoms with Gasteiger partial charge in [-0.05, 0) is 58.6 Å². The maximum atomic E-state index is 12.2. The summed E-state index contributed by atoms with van der Waals surface area (Å²) in [6.07, 6.45) is 0. The van der Waals surface area contributed by atoms with Gasteiger partial charge in [0.05, 0.1) is 5.69 Å². The summed E-state index contributed by atoms with van der Waals surface area (Å²) < 4.78 is 1.53. The Balaban J connectivity index is 1.85. The molecule has 2 aromatic carbocycles. The van der Waals surface area contributed by atoms with Gasteiger partial charge >= 0.3 is 0 Å². The van der Waals surface area contributed by atoms with Crippen LogP contribution in [0.25, 0.3) is 5.69 Å². The van der Waals surface area contributed by atoms with Crippen molar-refractivity contribution in [1.82, 2.24) is 20.2 Å². The summed E-state index contributed by atoms with van der Waals surface area (Å²) in [5.41, 5.74) is 1.35. The normalized spacial score (nSPS) is 10.5. The first-order valence-electron chi connectivity index (χ1n) is 6.05. The van der Waals surface area contributed by atoms with Crippen LogP contribution in [0.5, 0.6) is 0 Å². The number of nitrogens with zero attached hydrogens (tertiary/aromatic N) is 4. The van der Waals surface area contributed by atoms with E-state index in [1.807, 2.05) is 30.3 Å². The zero-order valence-corrected chi connectivity index (χ0v) is 12.3. The van der Waals surface area contributed by atoms with E-state index in [-0.39, 0.29) is 5.12 Å². The van der Waals surface area contributed by atoms with Crippen LogP contribution >= 0.6 is 23.4 Å². The fourth-order valence-corrected chi connectivity index (χ4v) is 2.55. The molecule has 0 aliphatic heterocycles. The third kappa shape index (κ3) is 3.12. The van der Waals surface area contributed by atoms with Gasteiger partial charge in [-0.25, -0.2) is 0 Å². The Kier molecular flexibility index (Phi) is 3.98. The average molecular weight is 317 g/mol. The molecule has 21 heavy (non-hydrogen) atoms. The maximum absolute atomic E-state index is 12.2. The number of aromatic nitrogens is 4. The molecule has 0 unspecified atom stereocenters. The van der Waals surface area contributed by atoms with Crippen LogP contribution in [-0.4, -0.2) is 25.3 Å². The Morgan fingerprint density at radius 3 is 2.48 bits per heavy atom. The maximum Gasteiger partial charge on any atom is 0.227 e. The molecule has 0 saturated carbocycles. The summed E-state index contributed by atoms with van der Waals surface area (Å²) in [5, 5.41) is 12.3. The Bertz CT molecular complexity index is 758. The quantitative estimate of drug-likeness (QED) is 0.694. The van der Waals surface area contributed by atoms with Crippen molar-refractivity contribution < 1.29 is 4.79 Å². The van der Waals surface area contributed by atoms with Gasteiger partial charge in [-0.2, -0.15) is 4.68 Å². The minimum atomic E-state index is -0.140. The molecule has 0 spiro atoms. The lowest BCUT2D eigenvalue weighted by molar-refractivity contribution is 0.108. The lowest BCUT2D eigenvalue weighted by Crippen LogP contribution is -2.01. The molecular weight excluding hydrogens is 308 g/mol. The molecular formula is C14H9ClN4OS. The molecule has 0 radical (unpaired) electrons. The van der Waals surface area contributed by atoms with Crippen molar-refractivity contribution in [3.63, 3.8) is 0 Å². The number of carbonyl (C=O) groups excluding carboxylic acids is 1. The van der Waals surface area contributed by atoms with E-state index in [4.69, 9.17) is 11.6 Å². The first-order valence-corrected chi connectivity index (χ1v) is 7.25. The third-order valence-electron chi connectivity index (χ3n) is 2.71. The molecule has 1 heterocycles. The van der Waals surface area contributed by atoms with E-state index in [0.717, 1.165) is 17.4 Å². The number of rotatable bonds is 3. The highest BCUT2D eigenvalue weighted by Gasteiger charge is 2.15. The van der Waals surface area contributed by atoms with E-state index in [1.54, 1.807) is 24.3 Å². The lowest BCUT2D eigenvalue weighted by Gasteiger charge is -2.03. The Morgan fingerprint density at radius 1 is 1.05 bits per heavy atom. The molecule has 0 fully saturated rings. The second-order valence-electron chi connectivity index (χ2n) is 4.11. The molecule has 3 aromatic rings. The summed E-state index contributed by atoms with van der Waals surface area (Å²) in [4.78, 5) is 12.2. The predicted octanol–water partition coefficient (Wildman–Crippen LogP) is 3.25. The van der Waals surface area contributed by atoms with E-state index in [9.17, 15) is 4.79 Å². The number of hydrogen-bond acceptors (Lipinski definition) is 5.